The van der Waals surface area contributed by atoms with Crippen LogP contribution in [0, 0.1) is 5.82 Å². The van der Waals surface area contributed by atoms with Gasteiger partial charge < -0.3 is 14.8 Å². The van der Waals surface area contributed by atoms with Crippen molar-refractivity contribution in [2.24, 2.45) is 0 Å². The van der Waals surface area contributed by atoms with Crippen LogP contribution in [0.3, 0.4) is 0 Å². The minimum atomic E-state index is -0.199. The fourth-order valence-electron chi connectivity index (χ4n) is 2.97. The lowest BCUT2D eigenvalue weighted by molar-refractivity contribution is 0.0357. The summed E-state index contributed by atoms with van der Waals surface area (Å²) in [5, 5.41) is 3.16. The molecule has 2 atom stereocenters. The predicted molar refractivity (Wildman–Crippen MR) is 82.3 cm³/mol. The zero-order valence-corrected chi connectivity index (χ0v) is 13.0. The van der Waals surface area contributed by atoms with Crippen LogP contribution in [-0.2, 0) is 11.2 Å². The molecular formula is C17H26FNO2. The highest BCUT2D eigenvalue weighted by molar-refractivity contribution is 5.33. The predicted octanol–water partition coefficient (Wildman–Crippen LogP) is 3.31. The summed E-state index contributed by atoms with van der Waals surface area (Å²) < 4.78 is 24.6. The van der Waals surface area contributed by atoms with Crippen molar-refractivity contribution >= 4 is 0 Å². The van der Waals surface area contributed by atoms with Gasteiger partial charge in [-0.1, -0.05) is 0 Å². The first-order valence-electron chi connectivity index (χ1n) is 7.85. The summed E-state index contributed by atoms with van der Waals surface area (Å²) >= 11 is 0. The van der Waals surface area contributed by atoms with Gasteiger partial charge in [0.25, 0.3) is 0 Å². The first-order valence-corrected chi connectivity index (χ1v) is 7.85. The van der Waals surface area contributed by atoms with Crippen LogP contribution >= 0.6 is 0 Å². The summed E-state index contributed by atoms with van der Waals surface area (Å²) in [5.74, 6) is 0.575. The van der Waals surface area contributed by atoms with E-state index in [0.717, 1.165) is 56.4 Å². The minimum Gasteiger partial charge on any atom is -0.496 e. The van der Waals surface area contributed by atoms with Crippen molar-refractivity contribution in [3.8, 4) is 5.75 Å². The van der Waals surface area contributed by atoms with Gasteiger partial charge >= 0.3 is 0 Å². The molecule has 1 aliphatic heterocycles. The van der Waals surface area contributed by atoms with Crippen LogP contribution in [0.15, 0.2) is 18.2 Å². The molecule has 1 fully saturated rings. The Balaban J connectivity index is 1.74. The fraction of sp³-hybridized carbons (Fsp3) is 0.647. The standard InChI is InChI=1S/C17H26FNO2/c1-19-11-10-16-8-7-15(21-16)5-3-4-13-12-14(18)6-9-17(13)20-2/h6,9,12,15-16,19H,3-5,7-8,10-11H2,1-2H3. The lowest BCUT2D eigenvalue weighted by atomic mass is 10.0. The third-order valence-corrected chi connectivity index (χ3v) is 4.13. The average Bonchev–Trinajstić information content (AvgIpc) is 2.93. The first kappa shape index (κ1) is 16.2. The fourth-order valence-corrected chi connectivity index (χ4v) is 2.97. The Bertz CT molecular complexity index is 439. The molecule has 0 aromatic heterocycles. The molecule has 4 heteroatoms. The molecule has 2 rings (SSSR count). The van der Waals surface area contributed by atoms with Crippen LogP contribution in [0.5, 0.6) is 5.75 Å². The number of nitrogens with one attached hydrogen (secondary N) is 1. The van der Waals surface area contributed by atoms with Crippen LogP contribution in [0.1, 0.15) is 37.7 Å². The normalized spacial score (nSPS) is 21.7. The summed E-state index contributed by atoms with van der Waals surface area (Å²) in [7, 11) is 3.60. The van der Waals surface area contributed by atoms with E-state index >= 15 is 0 Å². The summed E-state index contributed by atoms with van der Waals surface area (Å²) in [6.45, 7) is 1.01. The van der Waals surface area contributed by atoms with Gasteiger partial charge in [-0.2, -0.15) is 0 Å². The second kappa shape index (κ2) is 8.35. The number of methoxy groups -OCH3 is 1. The molecule has 0 radical (unpaired) electrons. The van der Waals surface area contributed by atoms with Crippen molar-refractivity contribution in [2.75, 3.05) is 20.7 Å². The van der Waals surface area contributed by atoms with E-state index in [0.29, 0.717) is 12.2 Å². The van der Waals surface area contributed by atoms with Gasteiger partial charge in [-0.25, -0.2) is 4.39 Å². The number of benzene rings is 1. The maximum Gasteiger partial charge on any atom is 0.123 e. The number of hydrogen-bond acceptors (Lipinski definition) is 3. The monoisotopic (exact) mass is 295 g/mol. The highest BCUT2D eigenvalue weighted by Gasteiger charge is 2.24. The molecule has 1 aliphatic rings. The van der Waals surface area contributed by atoms with Crippen LogP contribution in [0.2, 0.25) is 0 Å². The lowest BCUT2D eigenvalue weighted by Crippen LogP contribution is -2.17. The van der Waals surface area contributed by atoms with E-state index in [9.17, 15) is 4.39 Å². The van der Waals surface area contributed by atoms with E-state index in [2.05, 4.69) is 5.32 Å². The van der Waals surface area contributed by atoms with Gasteiger partial charge in [0, 0.05) is 0 Å². The van der Waals surface area contributed by atoms with Crippen molar-refractivity contribution in [3.05, 3.63) is 29.6 Å². The molecule has 1 saturated heterocycles. The van der Waals surface area contributed by atoms with Crippen molar-refractivity contribution in [1.82, 2.24) is 5.32 Å². The highest BCUT2D eigenvalue weighted by atomic mass is 19.1. The van der Waals surface area contributed by atoms with E-state index in [1.54, 1.807) is 19.2 Å². The zero-order chi connectivity index (χ0) is 15.1. The van der Waals surface area contributed by atoms with Crippen molar-refractivity contribution in [3.63, 3.8) is 0 Å². The number of ether oxygens (including phenoxy) is 2. The molecule has 0 spiro atoms. The number of halogens is 1. The Kier molecular flexibility index (Phi) is 6.46. The molecular weight excluding hydrogens is 269 g/mol. The SMILES string of the molecule is CNCCC1CCC(CCCc2cc(F)ccc2OC)O1. The maximum absolute atomic E-state index is 13.3. The molecule has 0 saturated carbocycles. The lowest BCUT2D eigenvalue weighted by Gasteiger charge is -2.14. The van der Waals surface area contributed by atoms with Crippen LogP contribution in [0.4, 0.5) is 4.39 Å². The highest BCUT2D eigenvalue weighted by Crippen LogP contribution is 2.27. The second-order valence-electron chi connectivity index (χ2n) is 5.70. The van der Waals surface area contributed by atoms with Gasteiger partial charge in [-0.15, -0.1) is 0 Å². The summed E-state index contributed by atoms with van der Waals surface area (Å²) in [6, 6.07) is 4.71. The molecule has 2 unspecified atom stereocenters. The Morgan fingerprint density at radius 1 is 1.29 bits per heavy atom. The zero-order valence-electron chi connectivity index (χ0n) is 13.0. The second-order valence-corrected chi connectivity index (χ2v) is 5.70. The van der Waals surface area contributed by atoms with Crippen molar-refractivity contribution in [1.29, 1.82) is 0 Å². The number of rotatable bonds is 8. The molecule has 0 bridgehead atoms. The number of aryl methyl sites for hydroxylation is 1. The van der Waals surface area contributed by atoms with Gasteiger partial charge in [-0.3, -0.25) is 0 Å². The molecule has 21 heavy (non-hydrogen) atoms. The maximum atomic E-state index is 13.3. The Hall–Kier alpha value is -1.13. The van der Waals surface area contributed by atoms with Crippen molar-refractivity contribution in [2.45, 2.75) is 50.7 Å². The van der Waals surface area contributed by atoms with Crippen LogP contribution in [0.25, 0.3) is 0 Å². The van der Waals surface area contributed by atoms with E-state index in [-0.39, 0.29) is 5.82 Å². The largest absolute Gasteiger partial charge is 0.496 e. The average molecular weight is 295 g/mol. The third-order valence-electron chi connectivity index (χ3n) is 4.13. The molecule has 0 amide bonds. The molecule has 1 aromatic carbocycles. The topological polar surface area (TPSA) is 30.5 Å². The van der Waals surface area contributed by atoms with Gasteiger partial charge in [0.15, 0.2) is 0 Å². The van der Waals surface area contributed by atoms with Gasteiger partial charge in [0.1, 0.15) is 11.6 Å². The molecule has 1 aromatic rings. The molecule has 0 aliphatic carbocycles. The van der Waals surface area contributed by atoms with Gasteiger partial charge in [0.2, 0.25) is 0 Å². The number of hydrogen-bond donors (Lipinski definition) is 1. The van der Waals surface area contributed by atoms with Gasteiger partial charge in [0.05, 0.1) is 19.3 Å². The van der Waals surface area contributed by atoms with E-state index in [1.165, 1.54) is 6.07 Å². The molecule has 3 nitrogen and oxygen atoms in total. The molecule has 1 N–H and O–H groups in total. The van der Waals surface area contributed by atoms with Crippen molar-refractivity contribution < 1.29 is 13.9 Å². The van der Waals surface area contributed by atoms with E-state index in [4.69, 9.17) is 9.47 Å². The summed E-state index contributed by atoms with van der Waals surface area (Å²) in [5.41, 5.74) is 0.947. The minimum absolute atomic E-state index is 0.199. The summed E-state index contributed by atoms with van der Waals surface area (Å²) in [6.07, 6.45) is 7.05. The summed E-state index contributed by atoms with van der Waals surface area (Å²) in [4.78, 5) is 0. The molecule has 1 heterocycles. The molecule has 118 valence electrons. The van der Waals surface area contributed by atoms with Gasteiger partial charge in [-0.05, 0) is 75.9 Å². The smallest absolute Gasteiger partial charge is 0.123 e. The van der Waals surface area contributed by atoms with Crippen LogP contribution < -0.4 is 10.1 Å². The Labute approximate surface area is 126 Å². The quantitative estimate of drug-likeness (QED) is 0.798. The van der Waals surface area contributed by atoms with E-state index < -0.39 is 0 Å². The first-order chi connectivity index (χ1) is 10.2. The third kappa shape index (κ3) is 4.97. The van der Waals surface area contributed by atoms with Crippen LogP contribution in [-0.4, -0.2) is 32.9 Å². The Morgan fingerprint density at radius 3 is 2.76 bits per heavy atom. The van der Waals surface area contributed by atoms with E-state index in [1.807, 2.05) is 7.05 Å². The Morgan fingerprint density at radius 2 is 2.05 bits per heavy atom.